The van der Waals surface area contributed by atoms with E-state index in [4.69, 9.17) is 9.84 Å². The first-order valence-corrected chi connectivity index (χ1v) is 8.15. The number of ether oxygens (including phenoxy) is 1. The predicted molar refractivity (Wildman–Crippen MR) is 55.2 cm³/mol. The Morgan fingerprint density at radius 1 is 1.54 bits per heavy atom. The summed E-state index contributed by atoms with van der Waals surface area (Å²) in [6, 6.07) is 1.15. The average Bonchev–Trinajstić information content (AvgIpc) is 2.00. The van der Waals surface area contributed by atoms with E-state index in [1.807, 2.05) is 0 Å². The van der Waals surface area contributed by atoms with Gasteiger partial charge in [-0.1, -0.05) is 32.5 Å². The van der Waals surface area contributed by atoms with E-state index in [1.165, 1.54) is 6.92 Å². The maximum atomic E-state index is 10.9. The van der Waals surface area contributed by atoms with E-state index in [1.54, 1.807) is 0 Å². The van der Waals surface area contributed by atoms with Gasteiger partial charge in [0.1, 0.15) is 6.10 Å². The minimum Gasteiger partial charge on any atom is -0.468 e. The summed E-state index contributed by atoms with van der Waals surface area (Å²) >= 11 is 0. The summed E-state index contributed by atoms with van der Waals surface area (Å²) in [5.41, 5.74) is 0. The highest BCUT2D eigenvalue weighted by molar-refractivity contribution is 6.77. The van der Waals surface area contributed by atoms with Crippen molar-refractivity contribution >= 4 is 14.0 Å². The highest BCUT2D eigenvalue weighted by atomic mass is 28.3. The molecule has 0 aliphatic heterocycles. The number of aliphatic hydroxyl groups excluding tert-OH is 1. The normalized spacial score (nSPS) is 13.9. The molecule has 0 aromatic carbocycles. The third kappa shape index (κ3) is 5.82. The van der Waals surface area contributed by atoms with Crippen LogP contribution in [-0.2, 0) is 9.53 Å². The van der Waals surface area contributed by atoms with E-state index in [-0.39, 0.29) is 0 Å². The topological polar surface area (TPSA) is 46.5 Å². The highest BCUT2D eigenvalue weighted by Crippen LogP contribution is 2.12. The molecule has 0 amide bonds. The molecule has 0 bridgehead atoms. The first kappa shape index (κ1) is 12.6. The molecule has 0 radical (unpaired) electrons. The van der Waals surface area contributed by atoms with Crippen LogP contribution in [0.1, 0.15) is 20.3 Å². The van der Waals surface area contributed by atoms with Crippen molar-refractivity contribution in [1.82, 2.24) is 0 Å². The predicted octanol–water partition coefficient (Wildman–Crippen LogP) is 1.57. The Kier molecular flexibility index (Phi) is 5.25. The average molecular weight is 204 g/mol. The minimum absolute atomic E-state index is 0.503. The smallest absolute Gasteiger partial charge is 0.334 e. The van der Waals surface area contributed by atoms with Crippen molar-refractivity contribution in [2.24, 2.45) is 0 Å². The fourth-order valence-corrected chi connectivity index (χ4v) is 3.17. The molecule has 3 nitrogen and oxygen atoms in total. The van der Waals surface area contributed by atoms with Crippen molar-refractivity contribution < 1.29 is 14.6 Å². The maximum Gasteiger partial charge on any atom is 0.334 e. The Labute approximate surface area is 81.1 Å². The summed E-state index contributed by atoms with van der Waals surface area (Å²) in [5.74, 6) is -0.503. The Hall–Kier alpha value is -0.353. The number of rotatable bonds is 5. The van der Waals surface area contributed by atoms with E-state index < -0.39 is 20.1 Å². The van der Waals surface area contributed by atoms with Crippen LogP contribution < -0.4 is 0 Å². The summed E-state index contributed by atoms with van der Waals surface area (Å²) in [6.07, 6.45) is 0.655. The second kappa shape index (κ2) is 5.39. The summed E-state index contributed by atoms with van der Waals surface area (Å²) in [6.45, 7) is 7.93. The molecule has 0 saturated heterocycles. The molecule has 78 valence electrons. The first-order chi connectivity index (χ1) is 5.89. The Morgan fingerprint density at radius 3 is 2.46 bits per heavy atom. The quantitative estimate of drug-likeness (QED) is 0.546. The van der Waals surface area contributed by atoms with Gasteiger partial charge in [-0.3, -0.25) is 0 Å². The van der Waals surface area contributed by atoms with Gasteiger partial charge in [-0.15, -0.1) is 0 Å². The zero-order valence-corrected chi connectivity index (χ0v) is 9.96. The third-order valence-electron chi connectivity index (χ3n) is 1.87. The molecule has 0 saturated carbocycles. The molecule has 13 heavy (non-hydrogen) atoms. The number of carbonyl (C=O) groups excluding carboxylic acids is 1. The largest absolute Gasteiger partial charge is 0.468 e. The fraction of sp³-hybridized carbons (Fsp3) is 0.889. The lowest BCUT2D eigenvalue weighted by Gasteiger charge is -2.21. The monoisotopic (exact) mass is 204 g/mol. The van der Waals surface area contributed by atoms with Crippen molar-refractivity contribution in [2.75, 3.05) is 6.23 Å². The van der Waals surface area contributed by atoms with Gasteiger partial charge in [-0.05, 0) is 6.92 Å². The Balaban J connectivity index is 3.80. The molecule has 0 aromatic rings. The molecule has 0 rings (SSSR count). The number of carbonyl (C=O) groups is 1. The molecular formula is C9H20O3Si. The second-order valence-electron chi connectivity index (χ2n) is 4.20. The molecule has 0 heterocycles. The van der Waals surface area contributed by atoms with Crippen molar-refractivity contribution in [3.8, 4) is 0 Å². The van der Waals surface area contributed by atoms with Crippen LogP contribution in [-0.4, -0.2) is 31.5 Å². The van der Waals surface area contributed by atoms with Gasteiger partial charge in [0.15, 0.2) is 0 Å². The van der Waals surface area contributed by atoms with E-state index in [9.17, 15) is 4.79 Å². The van der Waals surface area contributed by atoms with Gasteiger partial charge in [0, 0.05) is 0 Å². The molecule has 1 N–H and O–H groups in total. The SMILES string of the molecule is CCC[Si](C)(C)COC(=O)C(C)O. The number of hydrogen-bond acceptors (Lipinski definition) is 3. The molecule has 0 fully saturated rings. The Morgan fingerprint density at radius 2 is 2.08 bits per heavy atom. The zero-order valence-electron chi connectivity index (χ0n) is 8.96. The number of hydrogen-bond donors (Lipinski definition) is 1. The van der Waals surface area contributed by atoms with Crippen molar-refractivity contribution in [1.29, 1.82) is 0 Å². The summed E-state index contributed by atoms with van der Waals surface area (Å²) in [5, 5.41) is 8.89. The Bertz CT molecular complexity index is 166. The molecule has 4 heteroatoms. The van der Waals surface area contributed by atoms with Gasteiger partial charge >= 0.3 is 5.97 Å². The van der Waals surface area contributed by atoms with Crippen LogP contribution >= 0.6 is 0 Å². The molecule has 0 aliphatic rings. The van der Waals surface area contributed by atoms with Crippen LogP contribution in [0.2, 0.25) is 19.1 Å². The third-order valence-corrected chi connectivity index (χ3v) is 4.65. The molecule has 0 aliphatic carbocycles. The second-order valence-corrected chi connectivity index (χ2v) is 9.32. The van der Waals surface area contributed by atoms with E-state index in [0.717, 1.165) is 12.5 Å². The standard InChI is InChI=1S/C9H20O3Si/c1-5-6-13(3,4)7-12-9(11)8(2)10/h8,10H,5-7H2,1-4H3. The molecule has 1 atom stereocenters. The van der Waals surface area contributed by atoms with E-state index >= 15 is 0 Å². The van der Waals surface area contributed by atoms with Crippen LogP contribution in [0.4, 0.5) is 0 Å². The lowest BCUT2D eigenvalue weighted by Crippen LogP contribution is -2.35. The highest BCUT2D eigenvalue weighted by Gasteiger charge is 2.22. The maximum absolute atomic E-state index is 10.9. The van der Waals surface area contributed by atoms with Gasteiger partial charge < -0.3 is 9.84 Å². The minimum atomic E-state index is -1.37. The van der Waals surface area contributed by atoms with Gasteiger partial charge in [0.05, 0.1) is 14.3 Å². The van der Waals surface area contributed by atoms with Crippen molar-refractivity contribution in [3.05, 3.63) is 0 Å². The van der Waals surface area contributed by atoms with Gasteiger partial charge in [0.25, 0.3) is 0 Å². The van der Waals surface area contributed by atoms with Crippen LogP contribution in [0.3, 0.4) is 0 Å². The summed E-state index contributed by atoms with van der Waals surface area (Å²) in [4.78, 5) is 10.9. The van der Waals surface area contributed by atoms with Crippen LogP contribution in [0.25, 0.3) is 0 Å². The van der Waals surface area contributed by atoms with Gasteiger partial charge in [-0.2, -0.15) is 0 Å². The van der Waals surface area contributed by atoms with Gasteiger partial charge in [0.2, 0.25) is 0 Å². The van der Waals surface area contributed by atoms with Crippen LogP contribution in [0.15, 0.2) is 0 Å². The number of esters is 1. The van der Waals surface area contributed by atoms with Crippen molar-refractivity contribution in [3.63, 3.8) is 0 Å². The fourth-order valence-electron chi connectivity index (χ4n) is 1.14. The summed E-state index contributed by atoms with van der Waals surface area (Å²) in [7, 11) is -1.37. The molecule has 0 aromatic heterocycles. The molecule has 0 spiro atoms. The van der Waals surface area contributed by atoms with E-state index in [0.29, 0.717) is 6.23 Å². The van der Waals surface area contributed by atoms with E-state index in [2.05, 4.69) is 20.0 Å². The first-order valence-electron chi connectivity index (χ1n) is 4.74. The lowest BCUT2D eigenvalue weighted by atomic mass is 10.4. The van der Waals surface area contributed by atoms with Crippen molar-refractivity contribution in [2.45, 2.75) is 45.5 Å². The lowest BCUT2D eigenvalue weighted by molar-refractivity contribution is -0.150. The number of aliphatic hydroxyl groups is 1. The summed E-state index contributed by atoms with van der Waals surface area (Å²) < 4.78 is 4.99. The molecular weight excluding hydrogens is 184 g/mol. The van der Waals surface area contributed by atoms with Gasteiger partial charge in [-0.25, -0.2) is 4.79 Å². The molecule has 1 unspecified atom stereocenters. The van der Waals surface area contributed by atoms with Crippen LogP contribution in [0.5, 0.6) is 0 Å². The van der Waals surface area contributed by atoms with Crippen LogP contribution in [0, 0.1) is 0 Å². The zero-order chi connectivity index (χ0) is 10.5.